The average Bonchev–Trinajstić information content (AvgIpc) is 3.30. The van der Waals surface area contributed by atoms with Crippen molar-refractivity contribution in [3.05, 3.63) is 185 Å². The van der Waals surface area contributed by atoms with Gasteiger partial charge in [-0.1, -0.05) is 150 Å². The van der Waals surface area contributed by atoms with Gasteiger partial charge in [0.25, 0.3) is 0 Å². The van der Waals surface area contributed by atoms with Gasteiger partial charge in [-0.3, -0.25) is 0 Å². The number of allylic oxidation sites excluding steroid dienone is 5. The molecule has 0 saturated carbocycles. The monoisotopic (exact) mass is 564 g/mol. The van der Waals surface area contributed by atoms with E-state index in [-0.39, 0.29) is 0 Å². The van der Waals surface area contributed by atoms with Crippen LogP contribution in [-0.2, 0) is 5.41 Å². The Balaban J connectivity index is 1.67. The van der Waals surface area contributed by atoms with Crippen LogP contribution in [0.3, 0.4) is 0 Å². The summed E-state index contributed by atoms with van der Waals surface area (Å²) in [5, 5.41) is 0. The van der Waals surface area contributed by atoms with E-state index in [1.54, 1.807) is 0 Å². The minimum Gasteiger partial charge on any atom is -0.0912 e. The molecule has 0 nitrogen and oxygen atoms in total. The van der Waals surface area contributed by atoms with Crippen molar-refractivity contribution in [1.82, 2.24) is 0 Å². The van der Waals surface area contributed by atoms with Crippen molar-refractivity contribution in [3.8, 4) is 22.3 Å². The highest BCUT2D eigenvalue weighted by Crippen LogP contribution is 2.58. The Hall–Kier alpha value is -4.20. The van der Waals surface area contributed by atoms with Crippen LogP contribution in [0, 0.1) is 0 Å². The second-order valence-corrected chi connectivity index (χ2v) is 10.8. The molecule has 1 unspecified atom stereocenters. The summed E-state index contributed by atoms with van der Waals surface area (Å²) < 4.78 is 1.11. The maximum absolute atomic E-state index is 4.39. The molecule has 0 spiro atoms. The zero-order valence-corrected chi connectivity index (χ0v) is 23.5. The molecule has 188 valence electrons. The molecule has 0 aromatic heterocycles. The van der Waals surface area contributed by atoms with Crippen molar-refractivity contribution < 1.29 is 0 Å². The van der Waals surface area contributed by atoms with E-state index in [4.69, 9.17) is 0 Å². The van der Waals surface area contributed by atoms with E-state index < -0.39 is 5.41 Å². The van der Waals surface area contributed by atoms with Crippen LogP contribution in [0.5, 0.6) is 0 Å². The second kappa shape index (κ2) is 10.5. The van der Waals surface area contributed by atoms with Crippen LogP contribution in [0.1, 0.15) is 34.7 Å². The number of hydrogen-bond acceptors (Lipinski definition) is 0. The molecule has 0 fully saturated rings. The van der Waals surface area contributed by atoms with Gasteiger partial charge in [-0.05, 0) is 75.2 Å². The van der Waals surface area contributed by atoms with Gasteiger partial charge in [-0.2, -0.15) is 0 Å². The lowest BCUT2D eigenvalue weighted by Crippen LogP contribution is -2.28. The zero-order valence-electron chi connectivity index (χ0n) is 21.9. The first-order valence-electron chi connectivity index (χ1n) is 13.3. The van der Waals surface area contributed by atoms with Crippen LogP contribution in [-0.4, -0.2) is 0 Å². The third-order valence-electron chi connectivity index (χ3n) is 7.69. The number of fused-ring (bicyclic) bond motifs is 3. The maximum atomic E-state index is 4.39. The summed E-state index contributed by atoms with van der Waals surface area (Å²) in [5.74, 6) is 0. The first-order chi connectivity index (χ1) is 19.1. The van der Waals surface area contributed by atoms with E-state index >= 15 is 0 Å². The fourth-order valence-corrected chi connectivity index (χ4v) is 6.55. The van der Waals surface area contributed by atoms with Crippen molar-refractivity contribution in [1.29, 1.82) is 0 Å². The summed E-state index contributed by atoms with van der Waals surface area (Å²) >= 11 is 3.91. The van der Waals surface area contributed by atoms with Crippen molar-refractivity contribution >= 4 is 21.5 Å². The Kier molecular flexibility index (Phi) is 6.77. The van der Waals surface area contributed by atoms with Gasteiger partial charge in [-0.15, -0.1) is 0 Å². The molecule has 39 heavy (non-hydrogen) atoms. The van der Waals surface area contributed by atoms with Crippen LogP contribution < -0.4 is 0 Å². The SMILES string of the molecule is C=C(/C=C\C=C/C)c1cccc(C2(c3cccc(-c4ccccc4)c3)c3ccccc3-c3c(Br)cccc32)c1. The van der Waals surface area contributed by atoms with Gasteiger partial charge in [0.2, 0.25) is 0 Å². The molecular weight excluding hydrogens is 536 g/mol. The van der Waals surface area contributed by atoms with Crippen LogP contribution in [0.4, 0.5) is 0 Å². The fourth-order valence-electron chi connectivity index (χ4n) is 5.97. The highest BCUT2D eigenvalue weighted by atomic mass is 79.9. The molecule has 0 saturated heterocycles. The Labute approximate surface area is 239 Å². The predicted octanol–water partition coefficient (Wildman–Crippen LogP) is 10.6. The molecule has 0 bridgehead atoms. The third kappa shape index (κ3) is 4.24. The lowest BCUT2D eigenvalue weighted by atomic mass is 9.67. The Bertz CT molecular complexity index is 1740. The zero-order chi connectivity index (χ0) is 26.8. The minimum absolute atomic E-state index is 0.482. The van der Waals surface area contributed by atoms with Crippen LogP contribution >= 0.6 is 15.9 Å². The fraction of sp³-hybridized carbons (Fsp3) is 0.0526. The lowest BCUT2D eigenvalue weighted by Gasteiger charge is -2.34. The first-order valence-corrected chi connectivity index (χ1v) is 14.1. The molecule has 5 aromatic carbocycles. The quantitative estimate of drug-likeness (QED) is 0.176. The Morgan fingerprint density at radius 3 is 2.15 bits per heavy atom. The van der Waals surface area contributed by atoms with E-state index in [1.807, 2.05) is 25.2 Å². The molecule has 0 heterocycles. The molecule has 0 amide bonds. The summed E-state index contributed by atoms with van der Waals surface area (Å²) in [6, 6.07) is 44.1. The Morgan fingerprint density at radius 2 is 1.33 bits per heavy atom. The number of halogens is 1. The Morgan fingerprint density at radius 1 is 0.667 bits per heavy atom. The molecule has 6 rings (SSSR count). The number of benzene rings is 5. The van der Waals surface area contributed by atoms with Gasteiger partial charge in [0.05, 0.1) is 5.41 Å². The largest absolute Gasteiger partial charge is 0.0912 e. The second-order valence-electron chi connectivity index (χ2n) is 9.90. The smallest absolute Gasteiger partial charge is 0.0714 e. The summed E-state index contributed by atoms with van der Waals surface area (Å²) in [4.78, 5) is 0. The van der Waals surface area contributed by atoms with Gasteiger partial charge < -0.3 is 0 Å². The summed E-state index contributed by atoms with van der Waals surface area (Å²) in [6.07, 6.45) is 8.19. The van der Waals surface area contributed by atoms with E-state index in [0.29, 0.717) is 0 Å². The van der Waals surface area contributed by atoms with Crippen molar-refractivity contribution in [2.45, 2.75) is 12.3 Å². The normalized spacial score (nSPS) is 15.9. The third-order valence-corrected chi connectivity index (χ3v) is 8.35. The van der Waals surface area contributed by atoms with Gasteiger partial charge in [-0.25, -0.2) is 0 Å². The summed E-state index contributed by atoms with van der Waals surface area (Å²) in [6.45, 7) is 6.41. The molecule has 0 aliphatic heterocycles. The molecule has 1 aliphatic rings. The van der Waals surface area contributed by atoms with Crippen LogP contribution in [0.25, 0.3) is 27.8 Å². The molecule has 1 atom stereocenters. The van der Waals surface area contributed by atoms with Gasteiger partial charge in [0, 0.05) is 10.0 Å². The van der Waals surface area contributed by atoms with E-state index in [0.717, 1.165) is 15.6 Å². The highest BCUT2D eigenvalue weighted by Gasteiger charge is 2.46. The first kappa shape index (κ1) is 25.1. The molecular formula is C38H29Br. The van der Waals surface area contributed by atoms with Crippen molar-refractivity contribution in [2.24, 2.45) is 0 Å². The molecule has 0 radical (unpaired) electrons. The molecule has 0 N–H and O–H groups in total. The molecule has 5 aromatic rings. The summed E-state index contributed by atoms with van der Waals surface area (Å²) in [7, 11) is 0. The summed E-state index contributed by atoms with van der Waals surface area (Å²) in [5.41, 5.74) is 11.6. The van der Waals surface area contributed by atoms with E-state index in [1.165, 1.54) is 44.5 Å². The van der Waals surface area contributed by atoms with Gasteiger partial charge in [0.1, 0.15) is 0 Å². The van der Waals surface area contributed by atoms with E-state index in [2.05, 4.69) is 150 Å². The number of rotatable bonds is 6. The highest BCUT2D eigenvalue weighted by molar-refractivity contribution is 9.10. The predicted molar refractivity (Wildman–Crippen MR) is 170 cm³/mol. The number of hydrogen-bond donors (Lipinski definition) is 0. The van der Waals surface area contributed by atoms with Gasteiger partial charge in [0.15, 0.2) is 0 Å². The van der Waals surface area contributed by atoms with Crippen LogP contribution in [0.2, 0.25) is 0 Å². The van der Waals surface area contributed by atoms with Gasteiger partial charge >= 0.3 is 0 Å². The average molecular weight is 566 g/mol. The lowest BCUT2D eigenvalue weighted by molar-refractivity contribution is 0.768. The van der Waals surface area contributed by atoms with Crippen molar-refractivity contribution in [3.63, 3.8) is 0 Å². The topological polar surface area (TPSA) is 0 Å². The molecule has 1 heteroatoms. The minimum atomic E-state index is -0.482. The van der Waals surface area contributed by atoms with Crippen LogP contribution in [0.15, 0.2) is 157 Å². The van der Waals surface area contributed by atoms with Crippen molar-refractivity contribution in [2.75, 3.05) is 0 Å². The van der Waals surface area contributed by atoms with E-state index in [9.17, 15) is 0 Å². The maximum Gasteiger partial charge on any atom is 0.0714 e. The standard InChI is InChI=1S/C38H29Br/c1-3-4-6-14-27(2)29-17-11-19-31(25-29)38(32-20-12-18-30(26-32)28-15-7-5-8-16-28)34-22-10-9-21-33(34)37-35(38)23-13-24-36(37)39/h3-26H,2H2,1H3/b4-3-,14-6-. The molecule has 1 aliphatic carbocycles.